The molecule has 0 saturated heterocycles. The van der Waals surface area contributed by atoms with Crippen LogP contribution in [0.1, 0.15) is 28.9 Å². The normalized spacial score (nSPS) is 11.6. The molecule has 1 amide bonds. The summed E-state index contributed by atoms with van der Waals surface area (Å²) in [5, 5.41) is 31.9. The van der Waals surface area contributed by atoms with Gasteiger partial charge in [0, 0.05) is 25.1 Å². The Morgan fingerprint density at radius 2 is 1.92 bits per heavy atom. The van der Waals surface area contributed by atoms with Gasteiger partial charge in [0.15, 0.2) is 17.0 Å². The van der Waals surface area contributed by atoms with Crippen molar-refractivity contribution in [3.63, 3.8) is 0 Å². The maximum absolute atomic E-state index is 12.5. The van der Waals surface area contributed by atoms with Gasteiger partial charge in [0.25, 0.3) is 11.6 Å². The van der Waals surface area contributed by atoms with Gasteiger partial charge in [-0.25, -0.2) is 14.8 Å². The maximum atomic E-state index is 12.5. The molecule has 0 aliphatic rings. The van der Waals surface area contributed by atoms with Crippen LogP contribution >= 0.6 is 0 Å². The Labute approximate surface area is 202 Å². The van der Waals surface area contributed by atoms with Crippen molar-refractivity contribution < 1.29 is 29.5 Å². The lowest BCUT2D eigenvalue weighted by atomic mass is 10.1. The van der Waals surface area contributed by atoms with E-state index in [9.17, 15) is 29.6 Å². The van der Waals surface area contributed by atoms with E-state index in [0.29, 0.717) is 5.69 Å². The number of carbonyl (C=O) groups excluding carboxylic acids is 1. The minimum Gasteiger partial charge on any atom is -0.481 e. The molecule has 0 fully saturated rings. The fraction of sp³-hybridized carbons (Fsp3) is 0.250. The summed E-state index contributed by atoms with van der Waals surface area (Å²) in [5.41, 5.74) is 11.7. The van der Waals surface area contributed by atoms with Gasteiger partial charge in [-0.2, -0.15) is 9.97 Å². The van der Waals surface area contributed by atoms with Crippen LogP contribution in [0.4, 0.5) is 23.1 Å². The Morgan fingerprint density at radius 3 is 2.56 bits per heavy atom. The molecule has 16 heteroatoms. The van der Waals surface area contributed by atoms with Gasteiger partial charge in [-0.15, -0.1) is 0 Å². The topological polar surface area (TPSA) is 254 Å². The van der Waals surface area contributed by atoms with Crippen molar-refractivity contribution in [2.75, 3.05) is 23.4 Å². The van der Waals surface area contributed by atoms with Gasteiger partial charge >= 0.3 is 11.9 Å². The van der Waals surface area contributed by atoms with Crippen LogP contribution < -0.4 is 21.7 Å². The second-order valence-corrected chi connectivity index (χ2v) is 7.61. The predicted molar refractivity (Wildman–Crippen MR) is 125 cm³/mol. The van der Waals surface area contributed by atoms with Gasteiger partial charge < -0.3 is 31.9 Å². The Hall–Kier alpha value is -5.15. The number of carboxylic acids is 2. The second kappa shape index (κ2) is 10.4. The van der Waals surface area contributed by atoms with Crippen LogP contribution in [0.5, 0.6) is 0 Å². The molecule has 3 rings (SSSR count). The fourth-order valence-corrected chi connectivity index (χ4v) is 3.29. The number of nitro benzene ring substituents is 1. The molecule has 0 bridgehead atoms. The number of nitrogens with zero attached hydrogens (tertiary/aromatic N) is 6. The zero-order valence-electron chi connectivity index (χ0n) is 18.8. The van der Waals surface area contributed by atoms with Gasteiger partial charge in [0.05, 0.1) is 23.4 Å². The van der Waals surface area contributed by atoms with Crippen molar-refractivity contribution in [3.05, 3.63) is 45.8 Å². The number of carboxylic acid groups (broad SMARTS) is 2. The van der Waals surface area contributed by atoms with E-state index >= 15 is 0 Å². The van der Waals surface area contributed by atoms with E-state index in [-0.39, 0.29) is 47.1 Å². The number of nitrogen functional groups attached to an aromatic ring is 2. The Bertz CT molecular complexity index is 1360. The number of hydrogen-bond donors (Lipinski definition) is 5. The second-order valence-electron chi connectivity index (χ2n) is 7.61. The largest absolute Gasteiger partial charge is 0.481 e. The molecule has 2 aromatic heterocycles. The molecule has 0 aliphatic carbocycles. The summed E-state index contributed by atoms with van der Waals surface area (Å²) in [6.45, 7) is 0.0649. The Balaban J connectivity index is 1.83. The summed E-state index contributed by atoms with van der Waals surface area (Å²) in [5.74, 6) is -3.59. The van der Waals surface area contributed by atoms with Crippen molar-refractivity contribution in [2.24, 2.45) is 0 Å². The molecular weight excluding hydrogens is 478 g/mol. The van der Waals surface area contributed by atoms with Crippen LogP contribution in [0.3, 0.4) is 0 Å². The van der Waals surface area contributed by atoms with Crippen LogP contribution in [-0.4, -0.2) is 66.0 Å². The van der Waals surface area contributed by atoms with Crippen molar-refractivity contribution >= 4 is 52.2 Å². The SMILES string of the molecule is CN(Cc1cnc2nc(N)nc(N)c2n1)c1ccc(C(=O)NC(CCC(=O)O)C(=O)O)cc1[N+](=O)[O-]. The summed E-state index contributed by atoms with van der Waals surface area (Å²) in [6.07, 6.45) is 0.569. The fourth-order valence-electron chi connectivity index (χ4n) is 3.29. The summed E-state index contributed by atoms with van der Waals surface area (Å²) >= 11 is 0. The average molecular weight is 499 g/mol. The minimum absolute atomic E-state index is 0.0267. The summed E-state index contributed by atoms with van der Waals surface area (Å²) in [4.78, 5) is 63.4. The lowest BCUT2D eigenvalue weighted by Crippen LogP contribution is -2.41. The highest BCUT2D eigenvalue weighted by Gasteiger charge is 2.25. The number of aromatic nitrogens is 4. The third-order valence-electron chi connectivity index (χ3n) is 5.00. The smallest absolute Gasteiger partial charge is 0.326 e. The van der Waals surface area contributed by atoms with Crippen LogP contribution in [0.2, 0.25) is 0 Å². The number of aliphatic carboxylic acids is 2. The molecule has 0 aliphatic heterocycles. The maximum Gasteiger partial charge on any atom is 0.326 e. The zero-order valence-corrected chi connectivity index (χ0v) is 18.8. The Kier molecular flexibility index (Phi) is 7.37. The number of carbonyl (C=O) groups is 3. The van der Waals surface area contributed by atoms with Gasteiger partial charge in [-0.05, 0) is 18.6 Å². The first-order valence-corrected chi connectivity index (χ1v) is 10.3. The van der Waals surface area contributed by atoms with E-state index in [1.54, 1.807) is 7.05 Å². The number of anilines is 3. The number of nitrogens with two attached hydrogens (primary N) is 2. The lowest BCUT2D eigenvalue weighted by molar-refractivity contribution is -0.384. The number of hydrogen-bond acceptors (Lipinski definition) is 12. The van der Waals surface area contributed by atoms with Gasteiger partial charge in [0.1, 0.15) is 11.7 Å². The first-order valence-electron chi connectivity index (χ1n) is 10.3. The molecule has 0 spiro atoms. The molecule has 7 N–H and O–H groups in total. The Morgan fingerprint density at radius 1 is 1.19 bits per heavy atom. The van der Waals surface area contributed by atoms with E-state index in [4.69, 9.17) is 16.6 Å². The van der Waals surface area contributed by atoms with E-state index in [1.807, 2.05) is 0 Å². The molecule has 3 aromatic rings. The van der Waals surface area contributed by atoms with E-state index < -0.39 is 40.9 Å². The van der Waals surface area contributed by atoms with Gasteiger partial charge in [-0.3, -0.25) is 19.7 Å². The van der Waals surface area contributed by atoms with E-state index in [2.05, 4.69) is 25.3 Å². The van der Waals surface area contributed by atoms with Crippen LogP contribution in [0, 0.1) is 10.1 Å². The standard InChI is InChI=1S/C20H21N9O7/c1-28(8-10-7-23-17-15(24-10)16(21)26-20(22)27-17)12-4-2-9(6-13(12)29(35)36)18(32)25-11(19(33)34)3-5-14(30)31/h2,4,6-7,11H,3,5,8H2,1H3,(H,25,32)(H,30,31)(H,33,34)(H4,21,22,23,26,27). The number of rotatable bonds is 10. The van der Waals surface area contributed by atoms with E-state index in [0.717, 1.165) is 6.07 Å². The minimum atomic E-state index is -1.48. The van der Waals surface area contributed by atoms with Crippen molar-refractivity contribution in [3.8, 4) is 0 Å². The van der Waals surface area contributed by atoms with Crippen LogP contribution in [0.25, 0.3) is 11.2 Å². The van der Waals surface area contributed by atoms with Crippen molar-refractivity contribution in [1.29, 1.82) is 0 Å². The third-order valence-corrected chi connectivity index (χ3v) is 5.00. The van der Waals surface area contributed by atoms with Crippen LogP contribution in [-0.2, 0) is 16.1 Å². The number of nitro groups is 1. The first kappa shape index (κ1) is 25.5. The molecule has 1 atom stereocenters. The molecule has 1 unspecified atom stereocenters. The van der Waals surface area contributed by atoms with Crippen molar-refractivity contribution in [1.82, 2.24) is 25.3 Å². The van der Waals surface area contributed by atoms with Gasteiger partial charge in [0.2, 0.25) is 5.95 Å². The molecule has 16 nitrogen and oxygen atoms in total. The summed E-state index contributed by atoms with van der Waals surface area (Å²) in [6, 6.07) is 2.13. The summed E-state index contributed by atoms with van der Waals surface area (Å²) in [7, 11) is 1.56. The summed E-state index contributed by atoms with van der Waals surface area (Å²) < 4.78 is 0. The quantitative estimate of drug-likeness (QED) is 0.184. The highest BCUT2D eigenvalue weighted by Crippen LogP contribution is 2.29. The molecule has 0 radical (unpaired) electrons. The molecular formula is C20H21N9O7. The zero-order chi connectivity index (χ0) is 26.6. The lowest BCUT2D eigenvalue weighted by Gasteiger charge is -2.19. The highest BCUT2D eigenvalue weighted by molar-refractivity contribution is 5.98. The predicted octanol–water partition coefficient (Wildman–Crippen LogP) is 0.177. The monoisotopic (exact) mass is 499 g/mol. The molecule has 0 saturated carbocycles. The van der Waals surface area contributed by atoms with Gasteiger partial charge in [-0.1, -0.05) is 0 Å². The highest BCUT2D eigenvalue weighted by atomic mass is 16.6. The molecule has 36 heavy (non-hydrogen) atoms. The molecule has 188 valence electrons. The van der Waals surface area contributed by atoms with E-state index in [1.165, 1.54) is 23.2 Å². The number of fused-ring (bicyclic) bond motifs is 1. The number of benzene rings is 1. The van der Waals surface area contributed by atoms with Crippen molar-refractivity contribution in [2.45, 2.75) is 25.4 Å². The number of amides is 1. The first-order chi connectivity index (χ1) is 17.0. The van der Waals surface area contributed by atoms with Crippen LogP contribution in [0.15, 0.2) is 24.4 Å². The third kappa shape index (κ3) is 5.85. The molecule has 2 heterocycles. The average Bonchev–Trinajstić information content (AvgIpc) is 2.81. The number of nitrogens with one attached hydrogen (secondary N) is 1. The molecule has 1 aromatic carbocycles.